The van der Waals surface area contributed by atoms with Crippen LogP contribution in [-0.2, 0) is 16.4 Å². The van der Waals surface area contributed by atoms with Crippen molar-refractivity contribution in [1.29, 1.82) is 0 Å². The highest BCUT2D eigenvalue weighted by molar-refractivity contribution is 7.89. The quantitative estimate of drug-likeness (QED) is 0.866. The van der Waals surface area contributed by atoms with Gasteiger partial charge in [-0.2, -0.15) is 4.31 Å². The summed E-state index contributed by atoms with van der Waals surface area (Å²) in [4.78, 5) is 16.8. The van der Waals surface area contributed by atoms with E-state index in [1.54, 1.807) is 12.1 Å². The number of aryl methyl sites for hydroxylation is 1. The Balaban J connectivity index is 1.71. The average molecular weight is 380 g/mol. The number of amides is 1. The molecule has 0 unspecified atom stereocenters. The lowest BCUT2D eigenvalue weighted by Crippen LogP contribution is -2.35. The molecule has 1 aliphatic heterocycles. The Morgan fingerprint density at radius 2 is 1.88 bits per heavy atom. The number of aromatic nitrogens is 1. The summed E-state index contributed by atoms with van der Waals surface area (Å²) in [6.07, 6.45) is 3.68. The summed E-state index contributed by atoms with van der Waals surface area (Å²) in [7, 11) is -3.47. The van der Waals surface area contributed by atoms with Crippen LogP contribution in [0, 0.1) is 0 Å². The van der Waals surface area contributed by atoms with E-state index in [9.17, 15) is 13.2 Å². The van der Waals surface area contributed by atoms with Gasteiger partial charge in [0, 0.05) is 24.0 Å². The predicted molar refractivity (Wildman–Crippen MR) is 98.5 cm³/mol. The second-order valence-corrected chi connectivity index (χ2v) is 8.74. The van der Waals surface area contributed by atoms with E-state index in [2.05, 4.69) is 10.3 Å². The molecule has 25 heavy (non-hydrogen) atoms. The van der Waals surface area contributed by atoms with Crippen molar-refractivity contribution in [2.75, 3.05) is 18.4 Å². The monoisotopic (exact) mass is 379 g/mol. The number of nitrogens with zero attached hydrogens (tertiary/aromatic N) is 2. The van der Waals surface area contributed by atoms with Crippen LogP contribution in [0.2, 0.25) is 0 Å². The van der Waals surface area contributed by atoms with Crippen LogP contribution in [0.15, 0.2) is 34.5 Å². The molecule has 0 spiro atoms. The summed E-state index contributed by atoms with van der Waals surface area (Å²) >= 11 is 1.38. The van der Waals surface area contributed by atoms with Crippen LogP contribution in [0.25, 0.3) is 0 Å². The number of benzene rings is 1. The number of nitrogens with one attached hydrogen (secondary N) is 1. The molecule has 0 bridgehead atoms. The van der Waals surface area contributed by atoms with Gasteiger partial charge in [-0.25, -0.2) is 13.4 Å². The third-order valence-corrected chi connectivity index (χ3v) is 6.92. The summed E-state index contributed by atoms with van der Waals surface area (Å²) < 4.78 is 26.7. The first kappa shape index (κ1) is 18.0. The summed E-state index contributed by atoms with van der Waals surface area (Å²) in [5, 5.41) is 5.20. The van der Waals surface area contributed by atoms with E-state index in [0.717, 1.165) is 31.4 Å². The second-order valence-electron chi connectivity index (χ2n) is 5.94. The lowest BCUT2D eigenvalue weighted by Gasteiger charge is -2.25. The van der Waals surface area contributed by atoms with Crippen molar-refractivity contribution in [2.45, 2.75) is 37.5 Å². The molecule has 3 rings (SSSR count). The molecule has 1 aliphatic rings. The number of thiazole rings is 1. The van der Waals surface area contributed by atoms with Crippen molar-refractivity contribution >= 4 is 32.4 Å². The molecule has 0 atom stereocenters. The lowest BCUT2D eigenvalue weighted by molar-refractivity contribution is 0.102. The van der Waals surface area contributed by atoms with Crippen LogP contribution in [0.4, 0.5) is 5.13 Å². The number of rotatable bonds is 5. The van der Waals surface area contributed by atoms with E-state index >= 15 is 0 Å². The lowest BCUT2D eigenvalue weighted by atomic mass is 10.2. The van der Waals surface area contributed by atoms with Gasteiger partial charge in [0.15, 0.2) is 5.13 Å². The van der Waals surface area contributed by atoms with Crippen molar-refractivity contribution in [3.8, 4) is 0 Å². The fourth-order valence-corrected chi connectivity index (χ4v) is 5.03. The van der Waals surface area contributed by atoms with E-state index in [1.807, 2.05) is 12.3 Å². The number of piperidine rings is 1. The minimum atomic E-state index is -3.47. The number of hydrogen-bond acceptors (Lipinski definition) is 5. The molecule has 0 aliphatic carbocycles. The smallest absolute Gasteiger partial charge is 0.257 e. The summed E-state index contributed by atoms with van der Waals surface area (Å²) in [6.45, 7) is 3.13. The van der Waals surface area contributed by atoms with E-state index < -0.39 is 10.0 Å². The van der Waals surface area contributed by atoms with E-state index in [-0.39, 0.29) is 10.8 Å². The Bertz CT molecular complexity index is 838. The molecule has 6 nitrogen and oxygen atoms in total. The summed E-state index contributed by atoms with van der Waals surface area (Å²) in [5.41, 5.74) is 1.34. The first-order valence-corrected chi connectivity index (χ1v) is 10.7. The largest absolute Gasteiger partial charge is 0.298 e. The van der Waals surface area contributed by atoms with Gasteiger partial charge in [0.2, 0.25) is 10.0 Å². The van der Waals surface area contributed by atoms with Crippen molar-refractivity contribution in [1.82, 2.24) is 9.29 Å². The van der Waals surface area contributed by atoms with Crippen molar-refractivity contribution in [2.24, 2.45) is 0 Å². The van der Waals surface area contributed by atoms with Crippen LogP contribution in [0.3, 0.4) is 0 Å². The number of carbonyl (C=O) groups is 1. The zero-order chi connectivity index (χ0) is 17.9. The Labute approximate surface area is 151 Å². The van der Waals surface area contributed by atoms with Crippen molar-refractivity contribution in [3.05, 3.63) is 40.9 Å². The molecule has 2 heterocycles. The van der Waals surface area contributed by atoms with E-state index in [4.69, 9.17) is 0 Å². The Kier molecular flexibility index (Phi) is 5.51. The highest BCUT2D eigenvalue weighted by Gasteiger charge is 2.25. The number of anilines is 1. The number of carbonyl (C=O) groups excluding carboxylic acids is 1. The molecule has 0 saturated carbocycles. The molecule has 2 aromatic rings. The fraction of sp³-hybridized carbons (Fsp3) is 0.412. The van der Waals surface area contributed by atoms with Gasteiger partial charge in [0.1, 0.15) is 0 Å². The molecule has 1 aromatic heterocycles. The fourth-order valence-electron chi connectivity index (χ4n) is 2.73. The van der Waals surface area contributed by atoms with Gasteiger partial charge < -0.3 is 0 Å². The molecule has 1 fully saturated rings. The zero-order valence-electron chi connectivity index (χ0n) is 14.1. The van der Waals surface area contributed by atoms with Gasteiger partial charge in [-0.1, -0.05) is 13.3 Å². The number of sulfonamides is 1. The van der Waals surface area contributed by atoms with Crippen LogP contribution in [0.1, 0.15) is 42.2 Å². The Morgan fingerprint density at radius 3 is 2.48 bits per heavy atom. The topological polar surface area (TPSA) is 79.4 Å². The minimum Gasteiger partial charge on any atom is -0.298 e. The van der Waals surface area contributed by atoms with Crippen LogP contribution in [-0.4, -0.2) is 36.7 Å². The highest BCUT2D eigenvalue weighted by Crippen LogP contribution is 2.21. The molecule has 1 saturated heterocycles. The zero-order valence-corrected chi connectivity index (χ0v) is 15.7. The predicted octanol–water partition coefficient (Wildman–Crippen LogP) is 3.13. The van der Waals surface area contributed by atoms with Crippen molar-refractivity contribution in [3.63, 3.8) is 0 Å². The Hall–Kier alpha value is -1.77. The van der Waals surface area contributed by atoms with Gasteiger partial charge in [-0.05, 0) is 43.5 Å². The van der Waals surface area contributed by atoms with Gasteiger partial charge >= 0.3 is 0 Å². The first-order valence-electron chi connectivity index (χ1n) is 8.36. The number of hydrogen-bond donors (Lipinski definition) is 1. The molecule has 8 heteroatoms. The third kappa shape index (κ3) is 4.08. The maximum atomic E-state index is 12.6. The van der Waals surface area contributed by atoms with Gasteiger partial charge in [0.25, 0.3) is 5.91 Å². The van der Waals surface area contributed by atoms with Crippen LogP contribution in [0.5, 0.6) is 0 Å². The minimum absolute atomic E-state index is 0.230. The van der Waals surface area contributed by atoms with Gasteiger partial charge in [0.05, 0.1) is 10.6 Å². The SMILES string of the molecule is CCc1csc(NC(=O)c2ccc(S(=O)(=O)N3CCCCC3)cc2)n1. The molecule has 1 amide bonds. The van der Waals surface area contributed by atoms with Crippen LogP contribution >= 0.6 is 11.3 Å². The summed E-state index contributed by atoms with van der Waals surface area (Å²) in [5.74, 6) is -0.293. The molecular weight excluding hydrogens is 358 g/mol. The molecule has 0 radical (unpaired) electrons. The highest BCUT2D eigenvalue weighted by atomic mass is 32.2. The molecule has 1 aromatic carbocycles. The maximum Gasteiger partial charge on any atom is 0.257 e. The molecular formula is C17H21N3O3S2. The first-order chi connectivity index (χ1) is 12.0. The normalized spacial score (nSPS) is 15.9. The van der Waals surface area contributed by atoms with E-state index in [1.165, 1.54) is 27.8 Å². The van der Waals surface area contributed by atoms with Gasteiger partial charge in [-0.15, -0.1) is 11.3 Å². The standard InChI is InChI=1S/C17H21N3O3S2/c1-2-14-12-24-17(18-14)19-16(21)13-6-8-15(9-7-13)25(22,23)20-10-4-3-5-11-20/h6-9,12H,2-5,10-11H2,1H3,(H,18,19,21). The Morgan fingerprint density at radius 1 is 1.20 bits per heavy atom. The maximum absolute atomic E-state index is 12.6. The summed E-state index contributed by atoms with van der Waals surface area (Å²) in [6, 6.07) is 6.08. The van der Waals surface area contributed by atoms with E-state index in [0.29, 0.717) is 23.8 Å². The van der Waals surface area contributed by atoms with Crippen molar-refractivity contribution < 1.29 is 13.2 Å². The molecule has 134 valence electrons. The average Bonchev–Trinajstić information content (AvgIpc) is 3.10. The molecule has 1 N–H and O–H groups in total. The van der Waals surface area contributed by atoms with Crippen LogP contribution < -0.4 is 5.32 Å². The second kappa shape index (κ2) is 7.63. The third-order valence-electron chi connectivity index (χ3n) is 4.20. The van der Waals surface area contributed by atoms with Gasteiger partial charge in [-0.3, -0.25) is 10.1 Å².